The minimum Gasteiger partial charge on any atom is -0.394 e. The summed E-state index contributed by atoms with van der Waals surface area (Å²) in [6.07, 6.45) is 30.8. The summed E-state index contributed by atoms with van der Waals surface area (Å²) in [6.45, 7) is 1.71. The zero-order valence-corrected chi connectivity index (χ0v) is 52.8. The zero-order valence-electron chi connectivity index (χ0n) is 52.8. The van der Waals surface area contributed by atoms with Crippen molar-refractivity contribution in [1.82, 2.24) is 5.32 Å². The van der Waals surface area contributed by atoms with E-state index >= 15 is 0 Å². The summed E-state index contributed by atoms with van der Waals surface area (Å²) in [5, 5.41) is 120. The van der Waals surface area contributed by atoms with Crippen molar-refractivity contribution in [2.45, 2.75) is 343 Å². The molecule has 3 rings (SSSR count). The van der Waals surface area contributed by atoms with E-state index in [0.29, 0.717) is 12.8 Å². The first-order valence-electron chi connectivity index (χ1n) is 33.9. The van der Waals surface area contributed by atoms with Crippen molar-refractivity contribution in [3.05, 3.63) is 48.6 Å². The van der Waals surface area contributed by atoms with Gasteiger partial charge in [-0.1, -0.05) is 217 Å². The van der Waals surface area contributed by atoms with Crippen molar-refractivity contribution in [1.29, 1.82) is 0 Å². The standard InChI is InChI=1S/C67H121NO18/c1-3-5-7-9-11-13-15-17-19-21-23-25-27-29-31-33-35-37-39-41-43-45-55(73)68-50(51(72)44-42-40-38-36-34-32-30-28-26-24-22-20-18-16-14-12-10-8-6-4-2)49-81-65-61(79)58(76)63(53(47-70)83-65)86-67-62(80)59(77)64(54(48-71)84-67)85-66-60(78)57(75)56(74)52(46-69)82-66/h15,17,21,23,34,36,42,44,50-54,56-67,69-72,74-80H,3-14,16,18-20,22,24-33,35,37-41,43,45-49H2,1-2H3,(H,68,73)/b17-15-,23-21-,36-34+,44-42+. The van der Waals surface area contributed by atoms with E-state index in [4.69, 9.17) is 28.4 Å². The van der Waals surface area contributed by atoms with E-state index in [1.54, 1.807) is 6.08 Å². The van der Waals surface area contributed by atoms with Crippen LogP contribution in [0.3, 0.4) is 0 Å². The molecule has 0 bridgehead atoms. The fourth-order valence-corrected chi connectivity index (χ4v) is 11.3. The molecule has 86 heavy (non-hydrogen) atoms. The largest absolute Gasteiger partial charge is 0.394 e. The molecule has 17 atom stereocenters. The number of carbonyl (C=O) groups excluding carboxylic acids is 1. The number of rotatable bonds is 51. The molecule has 0 aromatic carbocycles. The van der Waals surface area contributed by atoms with Gasteiger partial charge in [0.05, 0.1) is 38.6 Å². The lowest BCUT2D eigenvalue weighted by Gasteiger charge is -2.48. The molecule has 12 N–H and O–H groups in total. The summed E-state index contributed by atoms with van der Waals surface area (Å²) < 4.78 is 34.3. The molecule has 0 aliphatic carbocycles. The van der Waals surface area contributed by atoms with Crippen molar-refractivity contribution < 1.29 is 89.4 Å². The molecule has 19 heteroatoms. The Kier molecular flexibility index (Phi) is 44.8. The Morgan fingerprint density at radius 2 is 0.779 bits per heavy atom. The van der Waals surface area contributed by atoms with Gasteiger partial charge in [-0.15, -0.1) is 0 Å². The van der Waals surface area contributed by atoms with Crippen molar-refractivity contribution in [2.75, 3.05) is 26.4 Å². The van der Waals surface area contributed by atoms with E-state index in [9.17, 15) is 61.0 Å². The van der Waals surface area contributed by atoms with E-state index in [1.807, 2.05) is 6.08 Å². The fourth-order valence-electron chi connectivity index (χ4n) is 11.3. The summed E-state index contributed by atoms with van der Waals surface area (Å²) in [7, 11) is 0. The molecule has 0 saturated carbocycles. The van der Waals surface area contributed by atoms with Gasteiger partial charge in [0.25, 0.3) is 0 Å². The quantitative estimate of drug-likeness (QED) is 0.0202. The van der Waals surface area contributed by atoms with E-state index in [0.717, 1.165) is 57.8 Å². The third-order valence-corrected chi connectivity index (χ3v) is 16.8. The first kappa shape index (κ1) is 78.0. The van der Waals surface area contributed by atoms with Crippen LogP contribution in [0.15, 0.2) is 48.6 Å². The predicted molar refractivity (Wildman–Crippen MR) is 332 cm³/mol. The fraction of sp³-hybridized carbons (Fsp3) is 0.866. The van der Waals surface area contributed by atoms with Crippen LogP contribution in [0.1, 0.15) is 239 Å². The number of allylic oxidation sites excluding steroid dienone is 7. The van der Waals surface area contributed by atoms with Crippen LogP contribution >= 0.6 is 0 Å². The Labute approximate surface area is 516 Å². The second-order valence-electron chi connectivity index (χ2n) is 24.3. The lowest BCUT2D eigenvalue weighted by molar-refractivity contribution is -0.379. The average Bonchev–Trinajstić information content (AvgIpc) is 2.21. The van der Waals surface area contributed by atoms with Crippen LogP contribution in [-0.4, -0.2) is 193 Å². The van der Waals surface area contributed by atoms with Crippen LogP contribution in [-0.2, 0) is 33.2 Å². The SMILES string of the molecule is CCCCCCC/C=C\C/C=C\CCCCCCCCCCCC(=O)NC(COC1OC(CO)C(OC2OC(CO)C(OC3OC(CO)C(O)C(O)C3O)C(O)C2O)C(O)C1O)C(O)/C=C/CC/C=C/CCCCCCCCCCCCCCCC. The molecule has 3 fully saturated rings. The molecular formula is C67H121NO18. The molecule has 3 aliphatic heterocycles. The van der Waals surface area contributed by atoms with Crippen LogP contribution in [0.4, 0.5) is 0 Å². The summed E-state index contributed by atoms with van der Waals surface area (Å²) in [5.41, 5.74) is 0. The lowest BCUT2D eigenvalue weighted by atomic mass is 9.96. The van der Waals surface area contributed by atoms with Crippen molar-refractivity contribution in [2.24, 2.45) is 0 Å². The molecule has 0 spiro atoms. The molecule has 1 amide bonds. The number of unbranched alkanes of at least 4 members (excludes halogenated alkanes) is 29. The molecule has 19 nitrogen and oxygen atoms in total. The zero-order chi connectivity index (χ0) is 62.6. The van der Waals surface area contributed by atoms with Gasteiger partial charge in [0.15, 0.2) is 18.9 Å². The molecule has 3 heterocycles. The molecule has 3 saturated heterocycles. The third-order valence-electron chi connectivity index (χ3n) is 16.8. The first-order valence-corrected chi connectivity index (χ1v) is 33.9. The van der Waals surface area contributed by atoms with Gasteiger partial charge in [-0.3, -0.25) is 4.79 Å². The molecule has 17 unspecified atom stereocenters. The number of aliphatic hydroxyl groups excluding tert-OH is 11. The average molecular weight is 1230 g/mol. The second kappa shape index (κ2) is 49.5. The number of ether oxygens (including phenoxy) is 6. The van der Waals surface area contributed by atoms with Gasteiger partial charge < -0.3 is 89.9 Å². The highest BCUT2D eigenvalue weighted by Gasteiger charge is 2.53. The van der Waals surface area contributed by atoms with Crippen LogP contribution in [0.25, 0.3) is 0 Å². The number of nitrogens with one attached hydrogen (secondary N) is 1. The van der Waals surface area contributed by atoms with Gasteiger partial charge in [-0.05, 0) is 64.2 Å². The maximum atomic E-state index is 13.4. The predicted octanol–water partition coefficient (Wildman–Crippen LogP) is 8.22. The van der Waals surface area contributed by atoms with E-state index in [2.05, 4.69) is 55.6 Å². The molecule has 0 radical (unpaired) electrons. The van der Waals surface area contributed by atoms with Gasteiger partial charge in [0, 0.05) is 6.42 Å². The normalized spacial score (nSPS) is 29.1. The molecule has 3 aliphatic rings. The smallest absolute Gasteiger partial charge is 0.220 e. The second-order valence-corrected chi connectivity index (χ2v) is 24.3. The highest BCUT2D eigenvalue weighted by Crippen LogP contribution is 2.33. The van der Waals surface area contributed by atoms with Gasteiger partial charge in [-0.25, -0.2) is 0 Å². The number of aliphatic hydroxyl groups is 11. The highest BCUT2D eigenvalue weighted by molar-refractivity contribution is 5.76. The van der Waals surface area contributed by atoms with E-state index < -0.39 is 124 Å². The van der Waals surface area contributed by atoms with Crippen molar-refractivity contribution >= 4 is 5.91 Å². The van der Waals surface area contributed by atoms with Crippen LogP contribution in [0.2, 0.25) is 0 Å². The van der Waals surface area contributed by atoms with Crippen LogP contribution in [0.5, 0.6) is 0 Å². The molecule has 0 aromatic heterocycles. The minimum absolute atomic E-state index is 0.230. The number of hydrogen-bond acceptors (Lipinski definition) is 18. The van der Waals surface area contributed by atoms with Gasteiger partial charge in [0.2, 0.25) is 5.91 Å². The maximum absolute atomic E-state index is 13.4. The summed E-state index contributed by atoms with van der Waals surface area (Å²) in [4.78, 5) is 13.4. The van der Waals surface area contributed by atoms with E-state index in [-0.39, 0.29) is 18.9 Å². The summed E-state index contributed by atoms with van der Waals surface area (Å²) in [5.74, 6) is -0.289. The Hall–Kier alpha value is -2.25. The number of carbonyl (C=O) groups is 1. The maximum Gasteiger partial charge on any atom is 0.220 e. The summed E-state index contributed by atoms with van der Waals surface area (Å²) >= 11 is 0. The Morgan fingerprint density at radius 3 is 1.23 bits per heavy atom. The topological polar surface area (TPSA) is 307 Å². The van der Waals surface area contributed by atoms with Crippen LogP contribution < -0.4 is 5.32 Å². The van der Waals surface area contributed by atoms with Gasteiger partial charge >= 0.3 is 0 Å². The third kappa shape index (κ3) is 31.7. The Morgan fingerprint density at radius 1 is 0.419 bits per heavy atom. The van der Waals surface area contributed by atoms with Gasteiger partial charge in [-0.2, -0.15) is 0 Å². The van der Waals surface area contributed by atoms with Crippen LogP contribution in [0, 0.1) is 0 Å². The highest BCUT2D eigenvalue weighted by atomic mass is 16.8. The summed E-state index contributed by atoms with van der Waals surface area (Å²) in [6, 6.07) is -0.993. The molecular weight excluding hydrogens is 1110 g/mol. The Balaban J connectivity index is 1.47. The monoisotopic (exact) mass is 1230 g/mol. The lowest BCUT2D eigenvalue weighted by Crippen LogP contribution is -2.66. The van der Waals surface area contributed by atoms with Crippen molar-refractivity contribution in [3.63, 3.8) is 0 Å². The molecule has 502 valence electrons. The van der Waals surface area contributed by atoms with Crippen molar-refractivity contribution in [3.8, 4) is 0 Å². The molecule has 0 aromatic rings. The number of hydrogen-bond donors (Lipinski definition) is 12. The Bertz CT molecular complexity index is 1750. The minimum atomic E-state index is -1.98. The number of amides is 1. The van der Waals surface area contributed by atoms with Gasteiger partial charge in [0.1, 0.15) is 73.2 Å². The first-order chi connectivity index (χ1) is 41.8. The van der Waals surface area contributed by atoms with E-state index in [1.165, 1.54) is 148 Å².